The molecule has 0 aliphatic carbocycles. The van der Waals surface area contributed by atoms with Crippen molar-refractivity contribution in [2.45, 2.75) is 19.5 Å². The Bertz CT molecular complexity index is 449. The van der Waals surface area contributed by atoms with Crippen molar-refractivity contribution in [3.05, 3.63) is 11.2 Å². The normalized spacial score (nSPS) is 19.4. The van der Waals surface area contributed by atoms with E-state index in [4.69, 9.17) is 11.6 Å². The van der Waals surface area contributed by atoms with Crippen LogP contribution in [0.4, 0.5) is 13.2 Å². The first-order valence-electron chi connectivity index (χ1n) is 5.76. The maximum absolute atomic E-state index is 12.1. The van der Waals surface area contributed by atoms with E-state index in [0.717, 1.165) is 11.8 Å². The van der Waals surface area contributed by atoms with Crippen molar-refractivity contribution in [3.8, 4) is 0 Å². The molecule has 1 rings (SSSR count). The average Bonchev–Trinajstić information content (AvgIpc) is 2.80. The van der Waals surface area contributed by atoms with Crippen LogP contribution in [-0.2, 0) is 4.79 Å². The number of halogens is 4. The van der Waals surface area contributed by atoms with Gasteiger partial charge < -0.3 is 4.90 Å². The zero-order valence-corrected chi connectivity index (χ0v) is 12.2. The Labute approximate surface area is 123 Å². The van der Waals surface area contributed by atoms with Gasteiger partial charge in [0.25, 0.3) is 0 Å². The molecule has 1 amide bonds. The maximum Gasteiger partial charge on any atom is 0.473 e. The number of amidine groups is 1. The number of alkyl halides is 3. The molecule has 0 aromatic rings. The highest BCUT2D eigenvalue weighted by molar-refractivity contribution is 8.14. The predicted molar refractivity (Wildman–Crippen MR) is 75.2 cm³/mol. The molecular weight excluding hydrogens is 315 g/mol. The van der Waals surface area contributed by atoms with Gasteiger partial charge in [-0.15, -0.1) is 0 Å². The predicted octanol–water partition coefficient (Wildman–Crippen LogP) is 3.04. The van der Waals surface area contributed by atoms with Crippen molar-refractivity contribution in [2.75, 3.05) is 18.8 Å². The SMILES string of the molecule is C/C=C(/Cl)N=CCCN1CCSC1=NC(=O)C(F)(F)F. The Morgan fingerprint density at radius 2 is 2.25 bits per heavy atom. The van der Waals surface area contributed by atoms with Crippen molar-refractivity contribution >= 4 is 40.7 Å². The molecule has 20 heavy (non-hydrogen) atoms. The standard InChI is InChI=1S/C11H13ClF3N3OS/c1-2-8(12)16-4-3-5-18-6-7-20-10(18)17-9(19)11(13,14)15/h2,4H,3,5-7H2,1H3/b8-2-,16-4?,17-10?. The number of carbonyl (C=O) groups is 1. The summed E-state index contributed by atoms with van der Waals surface area (Å²) in [7, 11) is 0. The van der Waals surface area contributed by atoms with Crippen molar-refractivity contribution < 1.29 is 18.0 Å². The number of aliphatic imine (C=N–C) groups is 2. The summed E-state index contributed by atoms with van der Waals surface area (Å²) in [5.41, 5.74) is 0. The van der Waals surface area contributed by atoms with Crippen LogP contribution in [0.25, 0.3) is 0 Å². The topological polar surface area (TPSA) is 45.0 Å². The molecule has 0 aromatic carbocycles. The molecule has 1 fully saturated rings. The summed E-state index contributed by atoms with van der Waals surface area (Å²) in [5.74, 6) is -1.46. The Morgan fingerprint density at radius 3 is 2.85 bits per heavy atom. The highest BCUT2D eigenvalue weighted by Gasteiger charge is 2.39. The van der Waals surface area contributed by atoms with Gasteiger partial charge in [0.1, 0.15) is 5.16 Å². The summed E-state index contributed by atoms with van der Waals surface area (Å²) in [6.45, 7) is 2.73. The first-order valence-corrected chi connectivity index (χ1v) is 7.13. The molecule has 0 atom stereocenters. The number of nitrogens with zero attached hydrogens (tertiary/aromatic N) is 3. The summed E-state index contributed by atoms with van der Waals surface area (Å²) in [5, 5.41) is 0.458. The molecular formula is C11H13ClF3N3OS. The van der Waals surface area contributed by atoms with E-state index in [1.54, 1.807) is 24.1 Å². The molecule has 0 spiro atoms. The molecule has 0 aromatic heterocycles. The van der Waals surface area contributed by atoms with Crippen LogP contribution in [0.5, 0.6) is 0 Å². The largest absolute Gasteiger partial charge is 0.473 e. The molecule has 9 heteroatoms. The number of carbonyl (C=O) groups excluding carboxylic acids is 1. The van der Waals surface area contributed by atoms with Gasteiger partial charge >= 0.3 is 12.1 Å². The van der Waals surface area contributed by atoms with Gasteiger partial charge in [-0.25, -0.2) is 4.99 Å². The van der Waals surface area contributed by atoms with E-state index in [0.29, 0.717) is 30.4 Å². The lowest BCUT2D eigenvalue weighted by molar-refractivity contribution is -0.169. The summed E-state index contributed by atoms with van der Waals surface area (Å²) >= 11 is 6.80. The third kappa shape index (κ3) is 5.54. The number of rotatable bonds is 4. The Kier molecular flexibility index (Phi) is 6.54. The van der Waals surface area contributed by atoms with Crippen molar-refractivity contribution in [1.82, 2.24) is 4.90 Å². The highest BCUT2D eigenvalue weighted by atomic mass is 35.5. The number of allylic oxidation sites excluding steroid dienone is 1. The molecule has 0 bridgehead atoms. The van der Waals surface area contributed by atoms with E-state index >= 15 is 0 Å². The van der Waals surface area contributed by atoms with E-state index in [2.05, 4.69) is 9.98 Å². The first kappa shape index (κ1) is 17.0. The fourth-order valence-corrected chi connectivity index (χ4v) is 2.41. The molecule has 1 aliphatic rings. The van der Waals surface area contributed by atoms with Crippen LogP contribution in [0, 0.1) is 0 Å². The van der Waals surface area contributed by atoms with E-state index in [9.17, 15) is 18.0 Å². The van der Waals surface area contributed by atoms with Crippen molar-refractivity contribution in [2.24, 2.45) is 9.98 Å². The number of amides is 1. The van der Waals surface area contributed by atoms with Crippen LogP contribution in [0.15, 0.2) is 21.2 Å². The van der Waals surface area contributed by atoms with Gasteiger partial charge in [0.05, 0.1) is 0 Å². The van der Waals surface area contributed by atoms with E-state index in [1.165, 1.54) is 0 Å². The van der Waals surface area contributed by atoms with Gasteiger partial charge in [-0.1, -0.05) is 29.4 Å². The first-order chi connectivity index (χ1) is 9.34. The van der Waals surface area contributed by atoms with E-state index in [1.807, 2.05) is 0 Å². The van der Waals surface area contributed by atoms with Crippen LogP contribution >= 0.6 is 23.4 Å². The van der Waals surface area contributed by atoms with Crippen LogP contribution < -0.4 is 0 Å². The van der Waals surface area contributed by atoms with Crippen LogP contribution in [0.3, 0.4) is 0 Å². The fraction of sp³-hybridized carbons (Fsp3) is 0.545. The van der Waals surface area contributed by atoms with Crippen LogP contribution in [0.1, 0.15) is 13.3 Å². The third-order valence-electron chi connectivity index (χ3n) is 2.28. The molecule has 112 valence electrons. The van der Waals surface area contributed by atoms with Gasteiger partial charge in [-0.2, -0.15) is 18.2 Å². The Hall–Kier alpha value is -1.02. The zero-order valence-electron chi connectivity index (χ0n) is 10.7. The van der Waals surface area contributed by atoms with E-state index < -0.39 is 12.1 Å². The number of thioether (sulfide) groups is 1. The Balaban J connectivity index is 2.56. The summed E-state index contributed by atoms with van der Waals surface area (Å²) in [6.07, 6.45) is -1.22. The van der Waals surface area contributed by atoms with Crippen LogP contribution in [-0.4, -0.2) is 47.2 Å². The molecule has 1 heterocycles. The molecule has 1 aliphatic heterocycles. The second-order valence-corrected chi connectivity index (χ2v) is 5.19. The van der Waals surface area contributed by atoms with Gasteiger partial charge in [0.2, 0.25) is 0 Å². The van der Waals surface area contributed by atoms with Gasteiger partial charge in [-0.05, 0) is 6.92 Å². The lowest BCUT2D eigenvalue weighted by atomic mass is 10.4. The quantitative estimate of drug-likeness (QED) is 0.589. The lowest BCUT2D eigenvalue weighted by Crippen LogP contribution is -2.29. The number of hydrogen-bond acceptors (Lipinski definition) is 3. The minimum Gasteiger partial charge on any atom is -0.350 e. The monoisotopic (exact) mass is 327 g/mol. The van der Waals surface area contributed by atoms with Gasteiger partial charge in [0, 0.05) is 31.5 Å². The second-order valence-electron chi connectivity index (χ2n) is 3.74. The smallest absolute Gasteiger partial charge is 0.350 e. The fourth-order valence-electron chi connectivity index (χ4n) is 1.33. The summed E-state index contributed by atoms with van der Waals surface area (Å²) < 4.78 is 36.4. The third-order valence-corrected chi connectivity index (χ3v) is 3.59. The summed E-state index contributed by atoms with van der Waals surface area (Å²) in [6, 6.07) is 0. The zero-order chi connectivity index (χ0) is 15.2. The Morgan fingerprint density at radius 1 is 1.55 bits per heavy atom. The summed E-state index contributed by atoms with van der Waals surface area (Å²) in [4.78, 5) is 19.5. The minimum absolute atomic E-state index is 0.109. The van der Waals surface area contributed by atoms with E-state index in [-0.39, 0.29) is 5.17 Å². The molecule has 0 radical (unpaired) electrons. The molecule has 0 saturated carbocycles. The van der Waals surface area contributed by atoms with Gasteiger partial charge in [0.15, 0.2) is 5.17 Å². The van der Waals surface area contributed by atoms with Crippen molar-refractivity contribution in [3.63, 3.8) is 0 Å². The molecule has 4 nitrogen and oxygen atoms in total. The lowest BCUT2D eigenvalue weighted by Gasteiger charge is -2.16. The average molecular weight is 328 g/mol. The van der Waals surface area contributed by atoms with Gasteiger partial charge in [-0.3, -0.25) is 4.79 Å². The van der Waals surface area contributed by atoms with Crippen LogP contribution in [0.2, 0.25) is 0 Å². The molecule has 0 unspecified atom stereocenters. The second kappa shape index (κ2) is 7.68. The number of hydrogen-bond donors (Lipinski definition) is 0. The maximum atomic E-state index is 12.1. The molecule has 1 saturated heterocycles. The highest BCUT2D eigenvalue weighted by Crippen LogP contribution is 2.22. The molecule has 0 N–H and O–H groups in total. The minimum atomic E-state index is -4.93. The van der Waals surface area contributed by atoms with Crippen molar-refractivity contribution in [1.29, 1.82) is 0 Å².